The van der Waals surface area contributed by atoms with Crippen molar-refractivity contribution in [2.24, 2.45) is 0 Å². The second-order valence-electron chi connectivity index (χ2n) is 6.13. The zero-order valence-electron chi connectivity index (χ0n) is 16.0. The highest BCUT2D eigenvalue weighted by Crippen LogP contribution is 2.11. The summed E-state index contributed by atoms with van der Waals surface area (Å²) < 4.78 is 0. The van der Waals surface area contributed by atoms with Gasteiger partial charge in [0.1, 0.15) is 12.5 Å². The lowest BCUT2D eigenvalue weighted by Crippen LogP contribution is -2.51. The van der Waals surface area contributed by atoms with Crippen LogP contribution in [0.25, 0.3) is 0 Å². The third-order valence-electron chi connectivity index (χ3n) is 3.78. The smallest absolute Gasteiger partial charge is 0.243 e. The maximum absolute atomic E-state index is 12.5. The van der Waals surface area contributed by atoms with Crippen molar-refractivity contribution in [3.8, 4) is 0 Å². The van der Waals surface area contributed by atoms with Gasteiger partial charge in [-0.3, -0.25) is 19.2 Å². The molecule has 1 heterocycles. The minimum atomic E-state index is -0.859. The highest BCUT2D eigenvalue weighted by atomic mass is 32.1. The van der Waals surface area contributed by atoms with Gasteiger partial charge in [0.25, 0.3) is 0 Å². The van der Waals surface area contributed by atoms with Crippen molar-refractivity contribution in [1.29, 1.82) is 0 Å². The van der Waals surface area contributed by atoms with Gasteiger partial charge in [-0.2, -0.15) is 0 Å². The first-order valence-electron chi connectivity index (χ1n) is 9.01. The quantitative estimate of drug-likeness (QED) is 0.403. The zero-order valence-corrected chi connectivity index (χ0v) is 16.8. The maximum atomic E-state index is 12.5. The van der Waals surface area contributed by atoms with Gasteiger partial charge in [0, 0.05) is 23.9 Å². The van der Waals surface area contributed by atoms with Crippen molar-refractivity contribution >= 4 is 35.0 Å². The molecule has 27 heavy (non-hydrogen) atoms. The predicted octanol–water partition coefficient (Wildman–Crippen LogP) is 0.333. The van der Waals surface area contributed by atoms with Crippen LogP contribution < -0.4 is 21.3 Å². The van der Waals surface area contributed by atoms with E-state index in [0.717, 1.165) is 11.3 Å². The molecule has 4 amide bonds. The minimum Gasteiger partial charge on any atom is -0.356 e. The van der Waals surface area contributed by atoms with E-state index in [1.54, 1.807) is 6.92 Å². The Hall–Kier alpha value is -2.42. The van der Waals surface area contributed by atoms with Crippen molar-refractivity contribution in [2.75, 3.05) is 13.1 Å². The van der Waals surface area contributed by atoms with Crippen LogP contribution in [0.3, 0.4) is 0 Å². The molecular formula is C18H28N4O4S. The lowest BCUT2D eigenvalue weighted by molar-refractivity contribution is -0.133. The molecule has 9 heteroatoms. The minimum absolute atomic E-state index is 0.0214. The molecule has 1 aromatic heterocycles. The van der Waals surface area contributed by atoms with Gasteiger partial charge in [0.05, 0.1) is 6.54 Å². The Morgan fingerprint density at radius 2 is 1.78 bits per heavy atom. The zero-order chi connectivity index (χ0) is 20.2. The van der Waals surface area contributed by atoms with Crippen LogP contribution >= 0.6 is 11.3 Å². The first kappa shape index (κ1) is 22.6. The second-order valence-corrected chi connectivity index (χ2v) is 7.16. The molecule has 0 aliphatic heterocycles. The summed E-state index contributed by atoms with van der Waals surface area (Å²) in [5.41, 5.74) is 0. The summed E-state index contributed by atoms with van der Waals surface area (Å²) in [6.07, 6.45) is 0.727. The van der Waals surface area contributed by atoms with Gasteiger partial charge in [-0.15, -0.1) is 11.3 Å². The summed E-state index contributed by atoms with van der Waals surface area (Å²) in [6.45, 7) is 5.84. The van der Waals surface area contributed by atoms with Gasteiger partial charge < -0.3 is 21.3 Å². The van der Waals surface area contributed by atoms with E-state index in [-0.39, 0.29) is 31.3 Å². The number of hydrogen-bond acceptors (Lipinski definition) is 5. The Morgan fingerprint density at radius 3 is 2.37 bits per heavy atom. The number of amides is 4. The molecule has 1 rings (SSSR count). The molecule has 0 aromatic carbocycles. The molecule has 2 atom stereocenters. The number of nitrogens with one attached hydrogen (secondary N) is 4. The summed E-state index contributed by atoms with van der Waals surface area (Å²) in [6, 6.07) is 2.87. The van der Waals surface area contributed by atoms with Crippen LogP contribution in [0.2, 0.25) is 0 Å². The largest absolute Gasteiger partial charge is 0.356 e. The molecule has 0 saturated heterocycles. The van der Waals surface area contributed by atoms with E-state index < -0.39 is 23.8 Å². The van der Waals surface area contributed by atoms with Crippen LogP contribution in [0.5, 0.6) is 0 Å². The molecule has 0 bridgehead atoms. The fourth-order valence-electron chi connectivity index (χ4n) is 2.21. The highest BCUT2D eigenvalue weighted by Gasteiger charge is 2.23. The number of rotatable bonds is 11. The Kier molecular flexibility index (Phi) is 10.1. The third kappa shape index (κ3) is 9.18. The van der Waals surface area contributed by atoms with E-state index >= 15 is 0 Å². The van der Waals surface area contributed by atoms with E-state index in [1.807, 2.05) is 31.4 Å². The monoisotopic (exact) mass is 396 g/mol. The van der Waals surface area contributed by atoms with E-state index in [0.29, 0.717) is 6.54 Å². The van der Waals surface area contributed by atoms with Crippen molar-refractivity contribution in [3.05, 3.63) is 22.4 Å². The van der Waals surface area contributed by atoms with Crippen LogP contribution in [0.1, 0.15) is 38.5 Å². The number of carbonyl (C=O) groups is 4. The van der Waals surface area contributed by atoms with Crippen LogP contribution in [0.15, 0.2) is 17.5 Å². The van der Waals surface area contributed by atoms with Gasteiger partial charge in [-0.05, 0) is 31.7 Å². The summed E-state index contributed by atoms with van der Waals surface area (Å²) in [5.74, 6) is -1.70. The highest BCUT2D eigenvalue weighted by molar-refractivity contribution is 7.09. The molecular weight excluding hydrogens is 368 g/mol. The van der Waals surface area contributed by atoms with Crippen LogP contribution in [-0.2, 0) is 25.6 Å². The van der Waals surface area contributed by atoms with Gasteiger partial charge in [-0.1, -0.05) is 13.0 Å². The predicted molar refractivity (Wildman–Crippen MR) is 104 cm³/mol. The van der Waals surface area contributed by atoms with Crippen molar-refractivity contribution in [3.63, 3.8) is 0 Å². The van der Waals surface area contributed by atoms with Crippen molar-refractivity contribution < 1.29 is 19.2 Å². The number of carbonyl (C=O) groups excluding carboxylic acids is 4. The van der Waals surface area contributed by atoms with Gasteiger partial charge >= 0.3 is 0 Å². The maximum Gasteiger partial charge on any atom is 0.243 e. The topological polar surface area (TPSA) is 116 Å². The van der Waals surface area contributed by atoms with Crippen LogP contribution in [0.4, 0.5) is 0 Å². The summed E-state index contributed by atoms with van der Waals surface area (Å²) in [7, 11) is 0. The van der Waals surface area contributed by atoms with E-state index in [9.17, 15) is 19.2 Å². The van der Waals surface area contributed by atoms with E-state index in [2.05, 4.69) is 21.3 Å². The summed E-state index contributed by atoms with van der Waals surface area (Å²) in [4.78, 5) is 48.8. The lowest BCUT2D eigenvalue weighted by atomic mass is 10.1. The van der Waals surface area contributed by atoms with E-state index in [4.69, 9.17) is 0 Å². The van der Waals surface area contributed by atoms with Crippen LogP contribution in [-0.4, -0.2) is 48.8 Å². The Labute approximate surface area is 163 Å². The molecule has 0 aliphatic rings. The Bertz CT molecular complexity index is 633. The average molecular weight is 397 g/mol. The second kappa shape index (κ2) is 12.1. The molecule has 8 nitrogen and oxygen atoms in total. The molecule has 0 aliphatic carbocycles. The SMILES string of the molecule is CCNC(=O)CC(=O)N[C@H](Cc1cccs1)C(=O)NCC(=O)N[C@@H](C)CC. The Balaban J connectivity index is 2.64. The normalized spacial score (nSPS) is 12.6. The molecule has 4 N–H and O–H groups in total. The molecule has 0 saturated carbocycles. The van der Waals surface area contributed by atoms with Gasteiger partial charge in [0.15, 0.2) is 0 Å². The lowest BCUT2D eigenvalue weighted by Gasteiger charge is -2.18. The standard InChI is InChI=1S/C18H28N4O4S/c1-4-12(3)21-17(25)11-20-18(26)14(9-13-7-6-8-27-13)22-16(24)10-15(23)19-5-2/h6-8,12,14H,4-5,9-11H2,1-3H3,(H,19,23)(H,20,26)(H,21,25)(H,22,24)/t12-,14+/m0/s1. The molecule has 0 radical (unpaired) electrons. The fourth-order valence-corrected chi connectivity index (χ4v) is 2.96. The van der Waals surface area contributed by atoms with E-state index in [1.165, 1.54) is 11.3 Å². The first-order chi connectivity index (χ1) is 12.8. The Morgan fingerprint density at radius 1 is 1.04 bits per heavy atom. The first-order valence-corrected chi connectivity index (χ1v) is 9.89. The molecule has 150 valence electrons. The van der Waals surface area contributed by atoms with Crippen molar-refractivity contribution in [1.82, 2.24) is 21.3 Å². The third-order valence-corrected chi connectivity index (χ3v) is 4.67. The van der Waals surface area contributed by atoms with Gasteiger partial charge in [-0.25, -0.2) is 0 Å². The summed E-state index contributed by atoms with van der Waals surface area (Å²) >= 11 is 1.46. The van der Waals surface area contributed by atoms with Gasteiger partial charge in [0.2, 0.25) is 23.6 Å². The molecule has 0 spiro atoms. The average Bonchev–Trinajstić information content (AvgIpc) is 3.12. The number of thiophene rings is 1. The molecule has 0 unspecified atom stereocenters. The van der Waals surface area contributed by atoms with Crippen LogP contribution in [0, 0.1) is 0 Å². The fraction of sp³-hybridized carbons (Fsp3) is 0.556. The van der Waals surface area contributed by atoms with Crippen molar-refractivity contribution in [2.45, 2.75) is 52.1 Å². The number of hydrogen-bond donors (Lipinski definition) is 4. The molecule has 1 aromatic rings. The molecule has 0 fully saturated rings. The summed E-state index contributed by atoms with van der Waals surface area (Å²) in [5, 5.41) is 12.3.